The molecule has 0 spiro atoms. The second-order valence-electron chi connectivity index (χ2n) is 5.55. The molecule has 1 amide bonds. The number of benzene rings is 2. The van der Waals surface area contributed by atoms with Gasteiger partial charge in [-0.2, -0.15) is 13.2 Å². The molecular weight excluding hydrogens is 405 g/mol. The highest BCUT2D eigenvalue weighted by Gasteiger charge is 2.34. The van der Waals surface area contributed by atoms with E-state index in [0.29, 0.717) is 12.6 Å². The predicted molar refractivity (Wildman–Crippen MR) is 94.5 cm³/mol. The van der Waals surface area contributed by atoms with E-state index in [1.807, 2.05) is 30.3 Å². The van der Waals surface area contributed by atoms with Crippen LogP contribution in [0.2, 0.25) is 5.02 Å². The lowest BCUT2D eigenvalue weighted by atomic mass is 10.2. The summed E-state index contributed by atoms with van der Waals surface area (Å²) in [7, 11) is -4.21. The molecule has 0 fully saturated rings. The fraction of sp³-hybridized carbons (Fsp3) is 0.235. The van der Waals surface area contributed by atoms with Crippen LogP contribution in [-0.4, -0.2) is 20.9 Å². The molecule has 0 aliphatic heterocycles. The lowest BCUT2D eigenvalue weighted by molar-refractivity contribution is -0.137. The first kappa shape index (κ1) is 21.2. The van der Waals surface area contributed by atoms with Crippen molar-refractivity contribution in [1.82, 2.24) is 10.0 Å². The Balaban J connectivity index is 1.92. The lowest BCUT2D eigenvalue weighted by Crippen LogP contribution is -2.30. The molecular formula is C17H16ClF3N2O3S. The molecule has 146 valence electrons. The average molecular weight is 421 g/mol. The van der Waals surface area contributed by atoms with Gasteiger partial charge in [-0.1, -0.05) is 41.9 Å². The van der Waals surface area contributed by atoms with Crippen LogP contribution in [0.4, 0.5) is 13.2 Å². The largest absolute Gasteiger partial charge is 0.417 e. The summed E-state index contributed by atoms with van der Waals surface area (Å²) < 4.78 is 64.9. The molecule has 0 aromatic heterocycles. The first-order valence-corrected chi connectivity index (χ1v) is 9.63. The molecule has 5 nitrogen and oxygen atoms in total. The summed E-state index contributed by atoms with van der Waals surface area (Å²) in [5, 5.41) is 2.03. The summed E-state index contributed by atoms with van der Waals surface area (Å²) in [6.45, 7) is 0.0332. The standard InChI is InChI=1S/C17H16ClF3N2O3S/c18-15-7-6-13(10-14(15)17(19,20)21)27(25,26)23-9-8-16(24)22-11-12-4-2-1-3-5-12/h1-7,10,23H,8-9,11H2,(H,22,24). The maximum absolute atomic E-state index is 12.8. The van der Waals surface area contributed by atoms with E-state index >= 15 is 0 Å². The molecule has 2 aromatic rings. The number of rotatable bonds is 7. The Morgan fingerprint density at radius 2 is 1.74 bits per heavy atom. The van der Waals surface area contributed by atoms with Gasteiger partial charge in [0.05, 0.1) is 15.5 Å². The first-order chi connectivity index (χ1) is 12.6. The second kappa shape index (κ2) is 8.73. The molecule has 2 rings (SSSR count). The summed E-state index contributed by atoms with van der Waals surface area (Å²) in [6, 6.07) is 11.4. The Morgan fingerprint density at radius 3 is 2.37 bits per heavy atom. The van der Waals surface area contributed by atoms with Crippen LogP contribution in [0.5, 0.6) is 0 Å². The van der Waals surface area contributed by atoms with Crippen LogP contribution < -0.4 is 10.0 Å². The van der Waals surface area contributed by atoms with Crippen LogP contribution in [0.15, 0.2) is 53.4 Å². The maximum Gasteiger partial charge on any atom is 0.417 e. The Bertz CT molecular complexity index is 903. The summed E-state index contributed by atoms with van der Waals surface area (Å²) in [6.07, 6.45) is -4.94. The third-order valence-electron chi connectivity index (χ3n) is 3.53. The van der Waals surface area contributed by atoms with Crippen molar-refractivity contribution in [3.8, 4) is 0 Å². The van der Waals surface area contributed by atoms with Gasteiger partial charge in [0.25, 0.3) is 0 Å². The van der Waals surface area contributed by atoms with E-state index in [1.54, 1.807) is 0 Å². The fourth-order valence-corrected chi connectivity index (χ4v) is 3.44. The van der Waals surface area contributed by atoms with Crippen molar-refractivity contribution in [2.75, 3.05) is 6.54 Å². The lowest BCUT2D eigenvalue weighted by Gasteiger charge is -2.12. The molecule has 2 N–H and O–H groups in total. The minimum absolute atomic E-state index is 0.161. The van der Waals surface area contributed by atoms with E-state index in [1.165, 1.54) is 0 Å². The third kappa shape index (κ3) is 6.23. The van der Waals surface area contributed by atoms with Crippen LogP contribution in [0.3, 0.4) is 0 Å². The van der Waals surface area contributed by atoms with E-state index in [4.69, 9.17) is 11.6 Å². The molecule has 0 radical (unpaired) electrons. The van der Waals surface area contributed by atoms with Crippen LogP contribution in [0.25, 0.3) is 0 Å². The predicted octanol–water partition coefficient (Wildman–Crippen LogP) is 3.34. The Labute approximate surface area is 159 Å². The minimum Gasteiger partial charge on any atom is -0.352 e. The van der Waals surface area contributed by atoms with Crippen molar-refractivity contribution in [3.05, 3.63) is 64.7 Å². The molecule has 0 saturated carbocycles. The second-order valence-corrected chi connectivity index (χ2v) is 7.72. The third-order valence-corrected chi connectivity index (χ3v) is 5.32. The van der Waals surface area contributed by atoms with E-state index in [-0.39, 0.29) is 13.0 Å². The highest BCUT2D eigenvalue weighted by atomic mass is 35.5. The Morgan fingerprint density at radius 1 is 1.07 bits per heavy atom. The zero-order valence-corrected chi connectivity index (χ0v) is 15.5. The van der Waals surface area contributed by atoms with Crippen LogP contribution in [-0.2, 0) is 27.5 Å². The van der Waals surface area contributed by atoms with Gasteiger partial charge in [-0.05, 0) is 23.8 Å². The van der Waals surface area contributed by atoms with E-state index in [9.17, 15) is 26.4 Å². The van der Waals surface area contributed by atoms with Gasteiger partial charge < -0.3 is 5.32 Å². The summed E-state index contributed by atoms with van der Waals surface area (Å²) in [5.41, 5.74) is -0.361. The molecule has 0 unspecified atom stereocenters. The van der Waals surface area contributed by atoms with Gasteiger partial charge in [0.1, 0.15) is 0 Å². The summed E-state index contributed by atoms with van der Waals surface area (Å²) >= 11 is 5.47. The van der Waals surface area contributed by atoms with Crippen molar-refractivity contribution < 1.29 is 26.4 Å². The molecule has 0 atom stereocenters. The number of carbonyl (C=O) groups excluding carboxylic acids is 1. The van der Waals surface area contributed by atoms with Crippen LogP contribution >= 0.6 is 11.6 Å². The number of sulfonamides is 1. The van der Waals surface area contributed by atoms with Gasteiger partial charge in [0, 0.05) is 19.5 Å². The normalized spacial score (nSPS) is 12.0. The SMILES string of the molecule is O=C(CCNS(=O)(=O)c1ccc(Cl)c(C(F)(F)F)c1)NCc1ccccc1. The Kier molecular flexibility index (Phi) is 6.85. The number of alkyl halides is 3. The van der Waals surface area contributed by atoms with E-state index < -0.39 is 37.6 Å². The van der Waals surface area contributed by atoms with Gasteiger partial charge in [0.2, 0.25) is 15.9 Å². The molecule has 0 aliphatic carbocycles. The molecule has 0 heterocycles. The molecule has 10 heteroatoms. The number of halogens is 4. The molecule has 0 saturated heterocycles. The monoisotopic (exact) mass is 420 g/mol. The Hall–Kier alpha value is -2.10. The summed E-state index contributed by atoms with van der Waals surface area (Å²) in [5.74, 6) is -0.395. The number of nitrogens with one attached hydrogen (secondary N) is 2. The quantitative estimate of drug-likeness (QED) is 0.721. The van der Waals surface area contributed by atoms with E-state index in [0.717, 1.165) is 17.7 Å². The highest BCUT2D eigenvalue weighted by Crippen LogP contribution is 2.35. The first-order valence-electron chi connectivity index (χ1n) is 7.76. The van der Waals surface area contributed by atoms with Crippen LogP contribution in [0, 0.1) is 0 Å². The molecule has 0 bridgehead atoms. The molecule has 0 aliphatic rings. The van der Waals surface area contributed by atoms with E-state index in [2.05, 4.69) is 10.0 Å². The maximum atomic E-state index is 12.8. The molecule has 2 aromatic carbocycles. The van der Waals surface area contributed by atoms with Crippen molar-refractivity contribution >= 4 is 27.5 Å². The zero-order chi connectivity index (χ0) is 20.1. The zero-order valence-electron chi connectivity index (χ0n) is 13.9. The topological polar surface area (TPSA) is 75.3 Å². The number of carbonyl (C=O) groups is 1. The van der Waals surface area contributed by atoms with Gasteiger partial charge in [0.15, 0.2) is 0 Å². The number of amides is 1. The van der Waals surface area contributed by atoms with Crippen molar-refractivity contribution in [2.24, 2.45) is 0 Å². The minimum atomic E-state index is -4.78. The number of hydrogen-bond donors (Lipinski definition) is 2. The van der Waals surface area contributed by atoms with Crippen molar-refractivity contribution in [2.45, 2.75) is 24.0 Å². The van der Waals surface area contributed by atoms with Gasteiger partial charge in [-0.3, -0.25) is 4.79 Å². The van der Waals surface area contributed by atoms with Crippen LogP contribution in [0.1, 0.15) is 17.5 Å². The van der Waals surface area contributed by atoms with Crippen molar-refractivity contribution in [1.29, 1.82) is 0 Å². The van der Waals surface area contributed by atoms with Gasteiger partial charge >= 0.3 is 6.18 Å². The molecule has 27 heavy (non-hydrogen) atoms. The number of hydrogen-bond acceptors (Lipinski definition) is 3. The fourth-order valence-electron chi connectivity index (χ4n) is 2.16. The average Bonchev–Trinajstić information content (AvgIpc) is 2.60. The van der Waals surface area contributed by atoms with Crippen molar-refractivity contribution in [3.63, 3.8) is 0 Å². The van der Waals surface area contributed by atoms with Gasteiger partial charge in [-0.15, -0.1) is 0 Å². The summed E-state index contributed by atoms with van der Waals surface area (Å²) in [4.78, 5) is 11.2. The smallest absolute Gasteiger partial charge is 0.352 e. The van der Waals surface area contributed by atoms with Gasteiger partial charge in [-0.25, -0.2) is 13.1 Å². The highest BCUT2D eigenvalue weighted by molar-refractivity contribution is 7.89.